The Morgan fingerprint density at radius 3 is 2.81 bits per heavy atom. The number of imidazole rings is 1. The lowest BCUT2D eigenvalue weighted by atomic mass is 10.0. The first-order valence-electron chi connectivity index (χ1n) is 9.34. The Balaban J connectivity index is 1.50. The summed E-state index contributed by atoms with van der Waals surface area (Å²) in [6, 6.07) is 14.5. The number of hydrogen-bond donors (Lipinski definition) is 1. The largest absolute Gasteiger partial charge is 0.348 e. The van der Waals surface area contributed by atoms with Crippen molar-refractivity contribution in [2.24, 2.45) is 0 Å². The molecule has 1 aliphatic carbocycles. The van der Waals surface area contributed by atoms with Crippen LogP contribution < -0.4 is 5.32 Å². The molecule has 2 heterocycles. The van der Waals surface area contributed by atoms with E-state index >= 15 is 0 Å². The number of hydrogen-bond acceptors (Lipinski definition) is 4. The van der Waals surface area contributed by atoms with Gasteiger partial charge in [0.05, 0.1) is 17.5 Å². The number of carbonyl (C=O) groups excluding carboxylic acids is 1. The van der Waals surface area contributed by atoms with E-state index in [2.05, 4.69) is 40.2 Å². The molecule has 2 aromatic heterocycles. The smallest absolute Gasteiger partial charge is 0.230 e. The van der Waals surface area contributed by atoms with Gasteiger partial charge in [-0.25, -0.2) is 4.98 Å². The van der Waals surface area contributed by atoms with Crippen molar-refractivity contribution in [3.05, 3.63) is 64.1 Å². The van der Waals surface area contributed by atoms with Crippen LogP contribution in [-0.2, 0) is 17.6 Å². The monoisotopic (exact) mass is 397 g/mol. The van der Waals surface area contributed by atoms with Gasteiger partial charge in [0, 0.05) is 16.3 Å². The predicted octanol–water partition coefficient (Wildman–Crippen LogP) is 4.78. The number of nitrogens with one attached hydrogen (secondary N) is 1. The molecule has 27 heavy (non-hydrogen) atoms. The van der Waals surface area contributed by atoms with E-state index in [1.54, 1.807) is 11.3 Å². The van der Waals surface area contributed by atoms with E-state index in [1.165, 1.54) is 40.9 Å². The highest BCUT2D eigenvalue weighted by atomic mass is 32.2. The van der Waals surface area contributed by atoms with Crippen LogP contribution in [0.5, 0.6) is 0 Å². The average Bonchev–Trinajstić information content (AvgIpc) is 3.35. The van der Waals surface area contributed by atoms with Gasteiger partial charge in [-0.05, 0) is 56.2 Å². The molecule has 4 rings (SSSR count). The summed E-state index contributed by atoms with van der Waals surface area (Å²) in [4.78, 5) is 18.5. The van der Waals surface area contributed by atoms with E-state index < -0.39 is 0 Å². The first-order valence-corrected chi connectivity index (χ1v) is 11.2. The number of thioether (sulfide) groups is 1. The van der Waals surface area contributed by atoms with Crippen LogP contribution >= 0.6 is 23.1 Å². The standard InChI is InChI=1S/C21H23N3OS2/c1-15(19-12-7-13-26-19)22-20(25)14-27-21-23-17-10-5-6-11-18(17)24(21)16-8-3-2-4-9-16/h2-4,7-9,12-13,15H,5-6,10-11,14H2,1H3,(H,22,25). The second kappa shape index (κ2) is 8.31. The number of aromatic nitrogens is 2. The van der Waals surface area contributed by atoms with Crippen molar-refractivity contribution in [3.8, 4) is 5.69 Å². The number of amides is 1. The Bertz CT molecular complexity index is 903. The fraction of sp³-hybridized carbons (Fsp3) is 0.333. The number of thiophene rings is 1. The molecular weight excluding hydrogens is 374 g/mol. The lowest BCUT2D eigenvalue weighted by Crippen LogP contribution is -2.27. The molecule has 0 radical (unpaired) electrons. The first kappa shape index (κ1) is 18.3. The van der Waals surface area contributed by atoms with Crippen LogP contribution in [0.25, 0.3) is 5.69 Å². The van der Waals surface area contributed by atoms with Crippen LogP contribution in [0.3, 0.4) is 0 Å². The summed E-state index contributed by atoms with van der Waals surface area (Å²) < 4.78 is 2.25. The zero-order valence-corrected chi connectivity index (χ0v) is 17.0. The summed E-state index contributed by atoms with van der Waals surface area (Å²) in [5.41, 5.74) is 3.63. The molecule has 4 nitrogen and oxygen atoms in total. The number of fused-ring (bicyclic) bond motifs is 1. The average molecular weight is 398 g/mol. The normalized spacial score (nSPS) is 14.6. The van der Waals surface area contributed by atoms with Gasteiger partial charge in [0.15, 0.2) is 5.16 Å². The van der Waals surface area contributed by atoms with E-state index in [0.29, 0.717) is 5.75 Å². The van der Waals surface area contributed by atoms with E-state index in [4.69, 9.17) is 4.98 Å². The van der Waals surface area contributed by atoms with Crippen LogP contribution in [0, 0.1) is 0 Å². The van der Waals surface area contributed by atoms with Crippen LogP contribution in [0.2, 0.25) is 0 Å². The molecule has 3 aromatic rings. The number of rotatable bonds is 6. The molecule has 140 valence electrons. The van der Waals surface area contributed by atoms with E-state index in [-0.39, 0.29) is 11.9 Å². The maximum Gasteiger partial charge on any atom is 0.230 e. The third kappa shape index (κ3) is 4.12. The van der Waals surface area contributed by atoms with Crippen LogP contribution in [0.15, 0.2) is 53.0 Å². The number of para-hydroxylation sites is 1. The molecule has 1 N–H and O–H groups in total. The highest BCUT2D eigenvalue weighted by molar-refractivity contribution is 7.99. The quantitative estimate of drug-likeness (QED) is 0.609. The van der Waals surface area contributed by atoms with Crippen molar-refractivity contribution in [1.29, 1.82) is 0 Å². The molecule has 0 bridgehead atoms. The van der Waals surface area contributed by atoms with Gasteiger partial charge in [-0.3, -0.25) is 9.36 Å². The molecule has 1 atom stereocenters. The molecule has 0 spiro atoms. The highest BCUT2D eigenvalue weighted by Gasteiger charge is 2.22. The predicted molar refractivity (Wildman–Crippen MR) is 112 cm³/mol. The van der Waals surface area contributed by atoms with E-state index in [9.17, 15) is 4.79 Å². The van der Waals surface area contributed by atoms with Crippen molar-refractivity contribution in [2.75, 3.05) is 5.75 Å². The minimum Gasteiger partial charge on any atom is -0.348 e. The molecule has 1 amide bonds. The summed E-state index contributed by atoms with van der Waals surface area (Å²) in [6.45, 7) is 2.03. The van der Waals surface area contributed by atoms with Gasteiger partial charge in [0.25, 0.3) is 0 Å². The lowest BCUT2D eigenvalue weighted by Gasteiger charge is -2.15. The number of carbonyl (C=O) groups is 1. The van der Waals surface area contributed by atoms with E-state index in [0.717, 1.165) is 23.7 Å². The SMILES string of the molecule is CC(NC(=O)CSc1nc2c(n1-c1ccccc1)CCCC2)c1cccs1. The fourth-order valence-corrected chi connectivity index (χ4v) is 5.08. The first-order chi connectivity index (χ1) is 13.2. The molecule has 6 heteroatoms. The maximum absolute atomic E-state index is 12.4. The summed E-state index contributed by atoms with van der Waals surface area (Å²) in [7, 11) is 0. The Morgan fingerprint density at radius 1 is 1.22 bits per heavy atom. The molecular formula is C21H23N3OS2. The van der Waals surface area contributed by atoms with Gasteiger partial charge in [-0.1, -0.05) is 36.0 Å². The summed E-state index contributed by atoms with van der Waals surface area (Å²) in [5, 5.41) is 6.05. The van der Waals surface area contributed by atoms with Crippen LogP contribution in [0.4, 0.5) is 0 Å². The highest BCUT2D eigenvalue weighted by Crippen LogP contribution is 2.30. The molecule has 1 unspecified atom stereocenters. The molecule has 1 aliphatic rings. The summed E-state index contributed by atoms with van der Waals surface area (Å²) in [5.74, 6) is 0.416. The zero-order chi connectivity index (χ0) is 18.6. The Hall–Kier alpha value is -2.05. The van der Waals surface area contributed by atoms with Gasteiger partial charge >= 0.3 is 0 Å². The van der Waals surface area contributed by atoms with E-state index in [1.807, 2.05) is 24.4 Å². The van der Waals surface area contributed by atoms with Gasteiger partial charge in [-0.2, -0.15) is 0 Å². The second-order valence-corrected chi connectivity index (χ2v) is 8.68. The van der Waals surface area contributed by atoms with Crippen molar-refractivity contribution in [1.82, 2.24) is 14.9 Å². The van der Waals surface area contributed by atoms with Crippen LogP contribution in [-0.4, -0.2) is 21.2 Å². The zero-order valence-electron chi connectivity index (χ0n) is 15.4. The van der Waals surface area contributed by atoms with Gasteiger partial charge < -0.3 is 5.32 Å². The topological polar surface area (TPSA) is 46.9 Å². The molecule has 1 aromatic carbocycles. The number of benzene rings is 1. The second-order valence-electron chi connectivity index (χ2n) is 6.76. The van der Waals surface area contributed by atoms with Crippen molar-refractivity contribution in [3.63, 3.8) is 0 Å². The molecule has 0 saturated heterocycles. The van der Waals surface area contributed by atoms with Gasteiger partial charge in [-0.15, -0.1) is 11.3 Å². The Labute approximate surface area is 168 Å². The number of nitrogens with zero attached hydrogens (tertiary/aromatic N) is 2. The minimum absolute atomic E-state index is 0.0418. The van der Waals surface area contributed by atoms with Crippen LogP contribution in [0.1, 0.15) is 42.1 Å². The third-order valence-electron chi connectivity index (χ3n) is 4.80. The van der Waals surface area contributed by atoms with Gasteiger partial charge in [0.2, 0.25) is 5.91 Å². The molecule has 0 saturated carbocycles. The fourth-order valence-electron chi connectivity index (χ4n) is 3.48. The Morgan fingerprint density at radius 2 is 2.04 bits per heavy atom. The van der Waals surface area contributed by atoms with Crippen molar-refractivity contribution in [2.45, 2.75) is 43.8 Å². The molecule has 0 fully saturated rings. The Kier molecular flexibility index (Phi) is 5.64. The third-order valence-corrected chi connectivity index (χ3v) is 6.79. The molecule has 0 aliphatic heterocycles. The lowest BCUT2D eigenvalue weighted by molar-refractivity contribution is -0.119. The number of aryl methyl sites for hydroxylation is 1. The van der Waals surface area contributed by atoms with Crippen molar-refractivity contribution >= 4 is 29.0 Å². The van der Waals surface area contributed by atoms with Crippen molar-refractivity contribution < 1.29 is 4.79 Å². The summed E-state index contributed by atoms with van der Waals surface area (Å²) in [6.07, 6.45) is 4.49. The van der Waals surface area contributed by atoms with Gasteiger partial charge in [0.1, 0.15) is 0 Å². The maximum atomic E-state index is 12.4. The summed E-state index contributed by atoms with van der Waals surface area (Å²) >= 11 is 3.19. The minimum atomic E-state index is 0.0418.